The van der Waals surface area contributed by atoms with Gasteiger partial charge in [0.15, 0.2) is 0 Å². The maximum Gasteiger partial charge on any atom is 0.503 e. The standard InChI is InChI=1S/C14H22O.CH2O3/c1-2-13(15-3-1)14-7-10-4-11(8-14)6-12(5-10)9-14;2-1(3)4/h10-13H,1-9H2;(H2,2,3,4). The monoisotopic (exact) mass is 268 g/mol. The molecule has 4 bridgehead atoms. The SMILES string of the molecule is C1COC(C23CC4CC(CC(C4)C2)C3)C1.O=C(O)O. The van der Waals surface area contributed by atoms with Crippen LogP contribution in [-0.2, 0) is 4.74 Å². The van der Waals surface area contributed by atoms with Crippen LogP contribution in [0.25, 0.3) is 0 Å². The van der Waals surface area contributed by atoms with E-state index in [4.69, 9.17) is 19.7 Å². The summed E-state index contributed by atoms with van der Waals surface area (Å²) < 4.78 is 6.04. The van der Waals surface area contributed by atoms with Crippen LogP contribution in [0.2, 0.25) is 0 Å². The first kappa shape index (κ1) is 13.2. The Labute approximate surface area is 114 Å². The average molecular weight is 268 g/mol. The van der Waals surface area contributed by atoms with Crippen LogP contribution >= 0.6 is 0 Å². The van der Waals surface area contributed by atoms with Gasteiger partial charge in [-0.1, -0.05) is 0 Å². The Balaban J connectivity index is 0.000000247. The Bertz CT molecular complexity index is 307. The van der Waals surface area contributed by atoms with Gasteiger partial charge < -0.3 is 14.9 Å². The van der Waals surface area contributed by atoms with Gasteiger partial charge in [0.05, 0.1) is 6.10 Å². The molecule has 4 heteroatoms. The molecular weight excluding hydrogens is 244 g/mol. The number of ether oxygens (including phenoxy) is 1. The maximum atomic E-state index is 8.56. The largest absolute Gasteiger partial charge is 0.503 e. The fraction of sp³-hybridized carbons (Fsp3) is 0.933. The zero-order valence-electron chi connectivity index (χ0n) is 11.4. The molecule has 1 atom stereocenters. The molecule has 5 aliphatic rings. The first-order valence-corrected chi connectivity index (χ1v) is 7.61. The van der Waals surface area contributed by atoms with E-state index in [0.717, 1.165) is 24.4 Å². The lowest BCUT2D eigenvalue weighted by molar-refractivity contribution is -0.125. The predicted octanol–water partition coefficient (Wildman–Crippen LogP) is 3.60. The number of hydrogen-bond donors (Lipinski definition) is 2. The van der Waals surface area contributed by atoms with E-state index in [-0.39, 0.29) is 0 Å². The second-order valence-electron chi connectivity index (χ2n) is 7.06. The van der Waals surface area contributed by atoms with Crippen molar-refractivity contribution in [2.75, 3.05) is 6.61 Å². The second-order valence-corrected chi connectivity index (χ2v) is 7.06. The van der Waals surface area contributed by atoms with Crippen LogP contribution in [0.4, 0.5) is 4.79 Å². The highest BCUT2D eigenvalue weighted by atomic mass is 16.6. The van der Waals surface area contributed by atoms with Gasteiger partial charge in [0.2, 0.25) is 0 Å². The fourth-order valence-corrected chi connectivity index (χ4v) is 5.63. The van der Waals surface area contributed by atoms with Crippen molar-refractivity contribution in [1.29, 1.82) is 0 Å². The lowest BCUT2D eigenvalue weighted by Crippen LogP contribution is -2.51. The van der Waals surface area contributed by atoms with E-state index in [1.807, 2.05) is 0 Å². The van der Waals surface area contributed by atoms with Gasteiger partial charge >= 0.3 is 6.16 Å². The van der Waals surface area contributed by atoms with Gasteiger partial charge in [-0.05, 0) is 74.5 Å². The molecule has 4 nitrogen and oxygen atoms in total. The van der Waals surface area contributed by atoms with Gasteiger partial charge in [0.25, 0.3) is 0 Å². The topological polar surface area (TPSA) is 66.8 Å². The normalized spacial score (nSPS) is 46.7. The predicted molar refractivity (Wildman–Crippen MR) is 70.2 cm³/mol. The molecule has 5 fully saturated rings. The van der Waals surface area contributed by atoms with Gasteiger partial charge in [-0.25, -0.2) is 4.79 Å². The third kappa shape index (κ3) is 2.60. The maximum absolute atomic E-state index is 8.56. The molecule has 5 rings (SSSR count). The second kappa shape index (κ2) is 4.97. The molecule has 19 heavy (non-hydrogen) atoms. The summed E-state index contributed by atoms with van der Waals surface area (Å²) in [6, 6.07) is 0. The van der Waals surface area contributed by atoms with Crippen LogP contribution in [0.5, 0.6) is 0 Å². The van der Waals surface area contributed by atoms with Crippen LogP contribution in [0.15, 0.2) is 0 Å². The first-order valence-electron chi connectivity index (χ1n) is 7.61. The quantitative estimate of drug-likeness (QED) is 0.762. The van der Waals surface area contributed by atoms with E-state index in [9.17, 15) is 0 Å². The Morgan fingerprint density at radius 2 is 1.47 bits per heavy atom. The number of carboxylic acid groups (broad SMARTS) is 2. The van der Waals surface area contributed by atoms with E-state index in [2.05, 4.69) is 0 Å². The summed E-state index contributed by atoms with van der Waals surface area (Å²) in [5, 5.41) is 13.9. The van der Waals surface area contributed by atoms with Crippen molar-refractivity contribution in [3.05, 3.63) is 0 Å². The minimum Gasteiger partial charge on any atom is -0.450 e. The smallest absolute Gasteiger partial charge is 0.450 e. The zero-order valence-corrected chi connectivity index (χ0v) is 11.4. The van der Waals surface area contributed by atoms with Crippen molar-refractivity contribution in [1.82, 2.24) is 0 Å². The van der Waals surface area contributed by atoms with E-state index < -0.39 is 6.16 Å². The van der Waals surface area contributed by atoms with Gasteiger partial charge in [0.1, 0.15) is 0 Å². The third-order valence-corrected chi connectivity index (χ3v) is 5.70. The van der Waals surface area contributed by atoms with Crippen LogP contribution in [0, 0.1) is 23.2 Å². The molecule has 1 heterocycles. The molecule has 4 aliphatic carbocycles. The lowest BCUT2D eigenvalue weighted by Gasteiger charge is -2.58. The van der Waals surface area contributed by atoms with Crippen molar-refractivity contribution in [2.45, 2.75) is 57.5 Å². The fourth-order valence-electron chi connectivity index (χ4n) is 5.63. The van der Waals surface area contributed by atoms with E-state index >= 15 is 0 Å². The molecule has 1 aliphatic heterocycles. The molecule has 0 radical (unpaired) electrons. The van der Waals surface area contributed by atoms with Crippen molar-refractivity contribution in [2.24, 2.45) is 23.2 Å². The van der Waals surface area contributed by atoms with Gasteiger partial charge in [-0.15, -0.1) is 0 Å². The highest BCUT2D eigenvalue weighted by Crippen LogP contribution is 2.62. The summed E-state index contributed by atoms with van der Waals surface area (Å²) >= 11 is 0. The highest BCUT2D eigenvalue weighted by Gasteiger charge is 2.54. The molecule has 1 unspecified atom stereocenters. The summed E-state index contributed by atoms with van der Waals surface area (Å²) in [5.41, 5.74) is 0.658. The average Bonchev–Trinajstić information content (AvgIpc) is 2.79. The molecule has 0 amide bonds. The molecule has 0 aromatic heterocycles. The van der Waals surface area contributed by atoms with Crippen molar-refractivity contribution >= 4 is 6.16 Å². The Morgan fingerprint density at radius 3 is 1.84 bits per heavy atom. The molecular formula is C15H24O4. The molecule has 0 spiro atoms. The van der Waals surface area contributed by atoms with E-state index in [1.165, 1.54) is 32.1 Å². The van der Waals surface area contributed by atoms with Crippen LogP contribution < -0.4 is 0 Å². The molecule has 1 saturated heterocycles. The highest BCUT2D eigenvalue weighted by molar-refractivity contribution is 5.53. The number of carbonyl (C=O) groups is 1. The summed E-state index contributed by atoms with van der Waals surface area (Å²) in [6.07, 6.45) is 10.8. The van der Waals surface area contributed by atoms with Gasteiger partial charge in [-0.2, -0.15) is 0 Å². The van der Waals surface area contributed by atoms with Gasteiger partial charge in [0, 0.05) is 6.61 Å². The number of hydrogen-bond acceptors (Lipinski definition) is 2. The third-order valence-electron chi connectivity index (χ3n) is 5.70. The van der Waals surface area contributed by atoms with Crippen LogP contribution in [0.1, 0.15) is 51.4 Å². The first-order chi connectivity index (χ1) is 9.07. The van der Waals surface area contributed by atoms with Crippen LogP contribution in [0.3, 0.4) is 0 Å². The summed E-state index contributed by atoms with van der Waals surface area (Å²) in [7, 11) is 0. The summed E-state index contributed by atoms with van der Waals surface area (Å²) in [6.45, 7) is 1.05. The van der Waals surface area contributed by atoms with Gasteiger partial charge in [-0.3, -0.25) is 0 Å². The van der Waals surface area contributed by atoms with E-state index in [1.54, 1.807) is 19.3 Å². The minimum absolute atomic E-state index is 0.658. The van der Waals surface area contributed by atoms with Crippen molar-refractivity contribution in [3.63, 3.8) is 0 Å². The van der Waals surface area contributed by atoms with Crippen molar-refractivity contribution in [3.8, 4) is 0 Å². The Kier molecular flexibility index (Phi) is 3.46. The Morgan fingerprint density at radius 1 is 1.00 bits per heavy atom. The Hall–Kier alpha value is -0.770. The summed E-state index contributed by atoms with van der Waals surface area (Å²) in [5.74, 6) is 3.25. The van der Waals surface area contributed by atoms with E-state index in [0.29, 0.717) is 11.5 Å². The molecule has 0 aromatic carbocycles. The molecule has 4 saturated carbocycles. The summed E-state index contributed by atoms with van der Waals surface area (Å²) in [4.78, 5) is 8.56. The van der Waals surface area contributed by atoms with Crippen LogP contribution in [-0.4, -0.2) is 29.1 Å². The number of rotatable bonds is 1. The zero-order chi connectivity index (χ0) is 13.5. The molecule has 2 N–H and O–H groups in total. The van der Waals surface area contributed by atoms with Crippen molar-refractivity contribution < 1.29 is 19.7 Å². The molecule has 0 aromatic rings. The minimum atomic E-state index is -1.83. The lowest BCUT2D eigenvalue weighted by atomic mass is 9.48. The molecule has 108 valence electrons.